The first kappa shape index (κ1) is 14.5. The predicted molar refractivity (Wildman–Crippen MR) is 76.9 cm³/mol. The number of anilines is 1. The van der Waals surface area contributed by atoms with Gasteiger partial charge in [0.05, 0.1) is 0 Å². The summed E-state index contributed by atoms with van der Waals surface area (Å²) < 4.78 is 0. The zero-order chi connectivity index (χ0) is 13.1. The molecule has 4 heteroatoms. The summed E-state index contributed by atoms with van der Waals surface area (Å²) in [6.45, 7) is 11.9. The van der Waals surface area contributed by atoms with Crippen LogP contribution in [0.15, 0.2) is 6.20 Å². The summed E-state index contributed by atoms with van der Waals surface area (Å²) in [5.41, 5.74) is 0.159. The van der Waals surface area contributed by atoms with E-state index in [4.69, 9.17) is 0 Å². The highest BCUT2D eigenvalue weighted by atomic mass is 32.1. The lowest BCUT2D eigenvalue weighted by Gasteiger charge is -2.22. The zero-order valence-electron chi connectivity index (χ0n) is 11.9. The van der Waals surface area contributed by atoms with E-state index < -0.39 is 0 Å². The summed E-state index contributed by atoms with van der Waals surface area (Å²) in [5, 5.41) is 4.60. The van der Waals surface area contributed by atoms with Gasteiger partial charge in [-0.15, -0.1) is 11.3 Å². The van der Waals surface area contributed by atoms with E-state index in [1.165, 1.54) is 4.88 Å². The first-order chi connectivity index (χ1) is 7.83. The van der Waals surface area contributed by atoms with Crippen LogP contribution < -0.4 is 10.2 Å². The molecule has 0 aliphatic heterocycles. The van der Waals surface area contributed by atoms with E-state index in [2.05, 4.69) is 56.9 Å². The SMILES string of the molecule is CCC(C)N(C)c1ncc(CNC(C)(C)C)s1. The molecular weight excluding hydrogens is 230 g/mol. The van der Waals surface area contributed by atoms with E-state index in [0.717, 1.165) is 18.1 Å². The van der Waals surface area contributed by atoms with Gasteiger partial charge in [-0.3, -0.25) is 0 Å². The van der Waals surface area contributed by atoms with Crippen LogP contribution in [0, 0.1) is 0 Å². The van der Waals surface area contributed by atoms with Gasteiger partial charge >= 0.3 is 0 Å². The third-order valence-corrected chi connectivity index (χ3v) is 3.98. The summed E-state index contributed by atoms with van der Waals surface area (Å²) in [6, 6.07) is 0.546. The molecule has 0 aromatic carbocycles. The Hall–Kier alpha value is -0.610. The fourth-order valence-electron chi connectivity index (χ4n) is 1.36. The topological polar surface area (TPSA) is 28.2 Å². The first-order valence-electron chi connectivity index (χ1n) is 6.26. The lowest BCUT2D eigenvalue weighted by Crippen LogP contribution is -2.34. The molecule has 0 saturated heterocycles. The smallest absolute Gasteiger partial charge is 0.185 e. The van der Waals surface area contributed by atoms with Gasteiger partial charge in [0.1, 0.15) is 0 Å². The summed E-state index contributed by atoms with van der Waals surface area (Å²) in [6.07, 6.45) is 3.13. The molecule has 1 heterocycles. The van der Waals surface area contributed by atoms with Gasteiger partial charge in [-0.05, 0) is 34.1 Å². The van der Waals surface area contributed by atoms with Crippen molar-refractivity contribution in [2.45, 2.75) is 59.2 Å². The van der Waals surface area contributed by atoms with Gasteiger partial charge in [-0.25, -0.2) is 4.98 Å². The quantitative estimate of drug-likeness (QED) is 0.875. The zero-order valence-corrected chi connectivity index (χ0v) is 12.7. The average molecular weight is 255 g/mol. The summed E-state index contributed by atoms with van der Waals surface area (Å²) in [4.78, 5) is 8.04. The molecule has 0 fully saturated rings. The van der Waals surface area contributed by atoms with Crippen molar-refractivity contribution in [3.05, 3.63) is 11.1 Å². The number of nitrogens with zero attached hydrogens (tertiary/aromatic N) is 2. The van der Waals surface area contributed by atoms with Crippen molar-refractivity contribution < 1.29 is 0 Å². The Morgan fingerprint density at radius 1 is 1.47 bits per heavy atom. The van der Waals surface area contributed by atoms with Crippen molar-refractivity contribution in [1.29, 1.82) is 0 Å². The van der Waals surface area contributed by atoms with Gasteiger partial charge in [0.25, 0.3) is 0 Å². The van der Waals surface area contributed by atoms with Crippen LogP contribution in [0.4, 0.5) is 5.13 Å². The van der Waals surface area contributed by atoms with Crippen molar-refractivity contribution in [1.82, 2.24) is 10.3 Å². The van der Waals surface area contributed by atoms with Crippen LogP contribution in [0.2, 0.25) is 0 Å². The molecule has 1 aromatic heterocycles. The van der Waals surface area contributed by atoms with Gasteiger partial charge in [0.2, 0.25) is 0 Å². The predicted octanol–water partition coefficient (Wildman–Crippen LogP) is 3.27. The molecule has 1 atom stereocenters. The van der Waals surface area contributed by atoms with E-state index in [-0.39, 0.29) is 5.54 Å². The molecule has 1 N–H and O–H groups in total. The Labute approximate surface area is 109 Å². The monoisotopic (exact) mass is 255 g/mol. The summed E-state index contributed by atoms with van der Waals surface area (Å²) in [5.74, 6) is 0. The Balaban J connectivity index is 2.59. The second kappa shape index (κ2) is 5.83. The molecule has 0 spiro atoms. The van der Waals surface area contributed by atoms with E-state index in [1.807, 2.05) is 6.20 Å². The Morgan fingerprint density at radius 3 is 2.65 bits per heavy atom. The number of nitrogens with one attached hydrogen (secondary N) is 1. The maximum absolute atomic E-state index is 4.49. The molecule has 0 aliphatic carbocycles. The van der Waals surface area contributed by atoms with Crippen molar-refractivity contribution in [2.24, 2.45) is 0 Å². The molecule has 17 heavy (non-hydrogen) atoms. The van der Waals surface area contributed by atoms with Crippen LogP contribution in [-0.4, -0.2) is 23.6 Å². The highest BCUT2D eigenvalue weighted by Crippen LogP contribution is 2.24. The third-order valence-electron chi connectivity index (χ3n) is 2.89. The molecule has 1 unspecified atom stereocenters. The Kier molecular flexibility index (Phi) is 4.95. The van der Waals surface area contributed by atoms with Crippen molar-refractivity contribution in [3.63, 3.8) is 0 Å². The molecule has 0 aliphatic rings. The highest BCUT2D eigenvalue weighted by Gasteiger charge is 2.13. The molecule has 0 saturated carbocycles. The maximum atomic E-state index is 4.49. The van der Waals surface area contributed by atoms with Crippen molar-refractivity contribution in [2.75, 3.05) is 11.9 Å². The average Bonchev–Trinajstić information content (AvgIpc) is 2.72. The Bertz CT molecular complexity index is 341. The van der Waals surface area contributed by atoms with E-state index in [9.17, 15) is 0 Å². The highest BCUT2D eigenvalue weighted by molar-refractivity contribution is 7.15. The fraction of sp³-hybridized carbons (Fsp3) is 0.769. The molecular formula is C13H25N3S. The van der Waals surface area contributed by atoms with Crippen LogP contribution in [0.3, 0.4) is 0 Å². The number of aromatic nitrogens is 1. The molecule has 0 bridgehead atoms. The van der Waals surface area contributed by atoms with Gasteiger partial charge in [-0.1, -0.05) is 6.92 Å². The van der Waals surface area contributed by atoms with E-state index in [1.54, 1.807) is 11.3 Å². The number of thiazole rings is 1. The van der Waals surface area contributed by atoms with Gasteiger partial charge in [0, 0.05) is 36.2 Å². The van der Waals surface area contributed by atoms with Crippen LogP contribution in [0.25, 0.3) is 0 Å². The number of hydrogen-bond donors (Lipinski definition) is 1. The number of rotatable bonds is 5. The van der Waals surface area contributed by atoms with E-state index in [0.29, 0.717) is 6.04 Å². The maximum Gasteiger partial charge on any atom is 0.185 e. The minimum atomic E-state index is 0.159. The normalized spacial score (nSPS) is 13.8. The summed E-state index contributed by atoms with van der Waals surface area (Å²) in [7, 11) is 2.12. The standard InChI is InChI=1S/C13H25N3S/c1-7-10(2)16(6)12-14-8-11(17-12)9-15-13(3,4)5/h8,10,15H,7,9H2,1-6H3. The molecule has 0 radical (unpaired) electrons. The van der Waals surface area contributed by atoms with Crippen molar-refractivity contribution in [3.8, 4) is 0 Å². The first-order valence-corrected chi connectivity index (χ1v) is 7.07. The molecule has 1 rings (SSSR count). The van der Waals surface area contributed by atoms with Crippen LogP contribution in [0.5, 0.6) is 0 Å². The van der Waals surface area contributed by atoms with Gasteiger partial charge < -0.3 is 10.2 Å². The molecule has 0 amide bonds. The summed E-state index contributed by atoms with van der Waals surface area (Å²) >= 11 is 1.78. The largest absolute Gasteiger partial charge is 0.348 e. The number of hydrogen-bond acceptors (Lipinski definition) is 4. The van der Waals surface area contributed by atoms with Crippen molar-refractivity contribution >= 4 is 16.5 Å². The minimum absolute atomic E-state index is 0.159. The molecule has 1 aromatic rings. The van der Waals surface area contributed by atoms with Crippen LogP contribution in [-0.2, 0) is 6.54 Å². The van der Waals surface area contributed by atoms with E-state index >= 15 is 0 Å². The second-order valence-electron chi connectivity index (χ2n) is 5.58. The van der Waals surface area contributed by atoms with Gasteiger partial charge in [-0.2, -0.15) is 0 Å². The lowest BCUT2D eigenvalue weighted by molar-refractivity contribution is 0.426. The minimum Gasteiger partial charge on any atom is -0.348 e. The van der Waals surface area contributed by atoms with Crippen LogP contribution >= 0.6 is 11.3 Å². The molecule has 98 valence electrons. The fourth-order valence-corrected chi connectivity index (χ4v) is 2.27. The third kappa shape index (κ3) is 4.64. The lowest BCUT2D eigenvalue weighted by atomic mass is 10.1. The Morgan fingerprint density at radius 2 is 2.12 bits per heavy atom. The van der Waals surface area contributed by atoms with Gasteiger partial charge in [0.15, 0.2) is 5.13 Å². The van der Waals surface area contributed by atoms with Crippen LogP contribution in [0.1, 0.15) is 45.9 Å². The molecule has 3 nitrogen and oxygen atoms in total. The second-order valence-corrected chi connectivity index (χ2v) is 6.67.